The Labute approximate surface area is 235 Å². The number of ether oxygens (including phenoxy) is 1. The molecule has 0 radical (unpaired) electrons. The highest BCUT2D eigenvalue weighted by Gasteiger charge is 2.45. The third-order valence-electron chi connectivity index (χ3n) is 8.87. The average Bonchev–Trinajstić information content (AvgIpc) is 3.60. The van der Waals surface area contributed by atoms with E-state index in [1.165, 1.54) is 6.20 Å². The predicted octanol–water partition coefficient (Wildman–Crippen LogP) is 4.10. The summed E-state index contributed by atoms with van der Waals surface area (Å²) < 4.78 is 33.5. The number of hydrogen-bond acceptors (Lipinski definition) is 7. The summed E-state index contributed by atoms with van der Waals surface area (Å²) in [5, 5.41) is 11.7. The third kappa shape index (κ3) is 5.26. The third-order valence-corrected chi connectivity index (χ3v) is 8.87. The summed E-state index contributed by atoms with van der Waals surface area (Å²) in [5.41, 5.74) is 3.61. The molecule has 12 heteroatoms. The molecule has 41 heavy (non-hydrogen) atoms. The van der Waals surface area contributed by atoms with Gasteiger partial charge < -0.3 is 20.4 Å². The molecule has 5 heterocycles. The summed E-state index contributed by atoms with van der Waals surface area (Å²) in [6.07, 6.45) is 10.9. The first-order valence-corrected chi connectivity index (χ1v) is 14.5. The highest BCUT2D eigenvalue weighted by Crippen LogP contribution is 2.42. The summed E-state index contributed by atoms with van der Waals surface area (Å²) >= 11 is 0. The van der Waals surface area contributed by atoms with Gasteiger partial charge in [-0.2, -0.15) is 5.10 Å². The van der Waals surface area contributed by atoms with Gasteiger partial charge in [-0.15, -0.1) is 0 Å². The molecular weight excluding hydrogens is 530 g/mol. The van der Waals surface area contributed by atoms with Crippen LogP contribution >= 0.6 is 0 Å². The number of halogens is 2. The number of carbonyl (C=O) groups excluding carboxylic acids is 1. The topological polar surface area (TPSA) is 112 Å². The van der Waals surface area contributed by atoms with Crippen LogP contribution in [-0.4, -0.2) is 86.2 Å². The highest BCUT2D eigenvalue weighted by atomic mass is 19.3. The number of aromatic nitrogens is 5. The van der Waals surface area contributed by atoms with Crippen molar-refractivity contribution < 1.29 is 18.3 Å². The van der Waals surface area contributed by atoms with Crippen molar-refractivity contribution in [3.05, 3.63) is 42.6 Å². The van der Waals surface area contributed by atoms with Crippen molar-refractivity contribution in [2.24, 2.45) is 5.92 Å². The zero-order valence-corrected chi connectivity index (χ0v) is 22.8. The van der Waals surface area contributed by atoms with Gasteiger partial charge in [-0.05, 0) is 49.3 Å². The number of fused-ring (bicyclic) bond motifs is 2. The monoisotopic (exact) mass is 564 g/mol. The largest absolute Gasteiger partial charge is 0.379 e. The number of amides is 1. The van der Waals surface area contributed by atoms with E-state index in [4.69, 9.17) is 4.74 Å². The van der Waals surface area contributed by atoms with E-state index in [1.54, 1.807) is 10.8 Å². The molecule has 0 aromatic carbocycles. The van der Waals surface area contributed by atoms with E-state index in [0.717, 1.165) is 80.0 Å². The van der Waals surface area contributed by atoms with E-state index < -0.39 is 5.92 Å². The first kappa shape index (κ1) is 26.3. The molecule has 10 nitrogen and oxygen atoms in total. The summed E-state index contributed by atoms with van der Waals surface area (Å²) in [5.74, 6) is -2.32. The van der Waals surface area contributed by atoms with Gasteiger partial charge in [0.2, 0.25) is 5.92 Å². The Morgan fingerprint density at radius 2 is 1.95 bits per heavy atom. The van der Waals surface area contributed by atoms with E-state index in [0.29, 0.717) is 23.2 Å². The highest BCUT2D eigenvalue weighted by molar-refractivity contribution is 6.04. The van der Waals surface area contributed by atoms with Gasteiger partial charge in [0, 0.05) is 62.5 Å². The van der Waals surface area contributed by atoms with Crippen LogP contribution in [0.5, 0.6) is 0 Å². The van der Waals surface area contributed by atoms with Crippen molar-refractivity contribution in [3.8, 4) is 11.1 Å². The standard InChI is InChI=1S/C29H34F2N8O2/c30-29(31)12-18(13-29)14-33-28(40)23-16-36-39-6-5-19(11-24(23)39)22-15-32-26-25(22)27(35-17-34-26)37-20-1-3-21(4-2-20)38-7-9-41-10-8-38/h5-6,11,15-18,20-21H,1-4,7-10,12-14H2,(H,33,40)(H2,32,34,35,37)/t20-,21-. The molecule has 0 spiro atoms. The Balaban J connectivity index is 1.09. The number of anilines is 1. The van der Waals surface area contributed by atoms with Crippen molar-refractivity contribution in [1.82, 2.24) is 34.8 Å². The molecule has 7 rings (SSSR count). The van der Waals surface area contributed by atoms with Crippen LogP contribution in [0.1, 0.15) is 48.9 Å². The van der Waals surface area contributed by atoms with E-state index in [9.17, 15) is 13.6 Å². The van der Waals surface area contributed by atoms with Gasteiger partial charge in [-0.1, -0.05) is 0 Å². The molecule has 4 aromatic rings. The number of alkyl halides is 2. The Hall–Kier alpha value is -3.64. The van der Waals surface area contributed by atoms with Crippen LogP contribution in [0.4, 0.5) is 14.6 Å². The van der Waals surface area contributed by atoms with Gasteiger partial charge in [-0.3, -0.25) is 9.69 Å². The number of morpholine rings is 1. The maximum atomic E-state index is 13.2. The Kier molecular flexibility index (Phi) is 6.82. The lowest BCUT2D eigenvalue weighted by Crippen LogP contribution is -2.46. The van der Waals surface area contributed by atoms with Gasteiger partial charge in [0.15, 0.2) is 0 Å². The molecule has 1 amide bonds. The molecule has 4 aromatic heterocycles. The number of H-pyrrole nitrogens is 1. The molecule has 2 saturated carbocycles. The van der Waals surface area contributed by atoms with E-state index >= 15 is 0 Å². The number of nitrogens with one attached hydrogen (secondary N) is 3. The van der Waals surface area contributed by atoms with Crippen LogP contribution in [0.25, 0.3) is 27.7 Å². The molecular formula is C29H34F2N8O2. The van der Waals surface area contributed by atoms with E-state index in [2.05, 4.69) is 35.6 Å². The molecule has 216 valence electrons. The fraction of sp³-hybridized carbons (Fsp3) is 0.517. The van der Waals surface area contributed by atoms with Crippen LogP contribution < -0.4 is 10.6 Å². The van der Waals surface area contributed by atoms with Crippen LogP contribution in [0.3, 0.4) is 0 Å². The van der Waals surface area contributed by atoms with Crippen molar-refractivity contribution >= 4 is 28.3 Å². The maximum Gasteiger partial charge on any atom is 0.255 e. The normalized spacial score (nSPS) is 23.5. The molecule has 0 bridgehead atoms. The van der Waals surface area contributed by atoms with Gasteiger partial charge >= 0.3 is 0 Å². The number of carbonyl (C=O) groups is 1. The zero-order chi connectivity index (χ0) is 28.0. The number of nitrogens with zero attached hydrogens (tertiary/aromatic N) is 5. The van der Waals surface area contributed by atoms with Crippen LogP contribution in [0.15, 0.2) is 37.1 Å². The summed E-state index contributed by atoms with van der Waals surface area (Å²) in [6, 6.07) is 4.82. The fourth-order valence-corrected chi connectivity index (χ4v) is 6.61. The van der Waals surface area contributed by atoms with Crippen molar-refractivity contribution in [1.29, 1.82) is 0 Å². The SMILES string of the molecule is O=C(NCC1CC(F)(F)C1)c1cnn2ccc(-c3c[nH]c4ncnc(N[C@H]5CC[C@H](N6CCOCC6)CC5)c34)cc12. The Morgan fingerprint density at radius 3 is 2.73 bits per heavy atom. The second-order valence-corrected chi connectivity index (χ2v) is 11.6. The molecule has 1 saturated heterocycles. The molecule has 3 fully saturated rings. The molecule has 0 atom stereocenters. The van der Waals surface area contributed by atoms with E-state index in [1.807, 2.05) is 24.5 Å². The predicted molar refractivity (Wildman–Crippen MR) is 150 cm³/mol. The molecule has 0 unspecified atom stereocenters. The molecule has 2 aliphatic carbocycles. The Bertz CT molecular complexity index is 1550. The van der Waals surface area contributed by atoms with Gasteiger partial charge in [0.25, 0.3) is 5.91 Å². The van der Waals surface area contributed by atoms with Crippen molar-refractivity contribution in [3.63, 3.8) is 0 Å². The van der Waals surface area contributed by atoms with E-state index in [-0.39, 0.29) is 31.2 Å². The van der Waals surface area contributed by atoms with Crippen LogP contribution in [-0.2, 0) is 4.74 Å². The first-order valence-electron chi connectivity index (χ1n) is 14.5. The summed E-state index contributed by atoms with van der Waals surface area (Å²) in [7, 11) is 0. The fourth-order valence-electron chi connectivity index (χ4n) is 6.61. The van der Waals surface area contributed by atoms with Crippen molar-refractivity contribution in [2.75, 3.05) is 38.2 Å². The number of aromatic amines is 1. The Morgan fingerprint density at radius 1 is 1.15 bits per heavy atom. The molecule has 1 aliphatic heterocycles. The zero-order valence-electron chi connectivity index (χ0n) is 22.8. The lowest BCUT2D eigenvalue weighted by molar-refractivity contribution is -0.108. The van der Waals surface area contributed by atoms with Crippen LogP contribution in [0, 0.1) is 5.92 Å². The minimum atomic E-state index is -2.60. The smallest absolute Gasteiger partial charge is 0.255 e. The minimum Gasteiger partial charge on any atom is -0.379 e. The van der Waals surface area contributed by atoms with Gasteiger partial charge in [0.1, 0.15) is 17.8 Å². The number of hydrogen-bond donors (Lipinski definition) is 3. The van der Waals surface area contributed by atoms with Gasteiger partial charge in [-0.25, -0.2) is 23.3 Å². The van der Waals surface area contributed by atoms with Crippen LogP contribution in [0.2, 0.25) is 0 Å². The average molecular weight is 565 g/mol. The second kappa shape index (κ2) is 10.6. The minimum absolute atomic E-state index is 0.180. The summed E-state index contributed by atoms with van der Waals surface area (Å²) in [4.78, 5) is 27.9. The first-order chi connectivity index (χ1) is 19.9. The second-order valence-electron chi connectivity index (χ2n) is 11.6. The molecule has 3 N–H and O–H groups in total. The molecule has 3 aliphatic rings. The van der Waals surface area contributed by atoms with Gasteiger partial charge in [0.05, 0.1) is 35.9 Å². The maximum absolute atomic E-state index is 13.2. The lowest BCUT2D eigenvalue weighted by atomic mass is 9.81. The summed E-state index contributed by atoms with van der Waals surface area (Å²) in [6.45, 7) is 3.92. The van der Waals surface area contributed by atoms with Crippen molar-refractivity contribution in [2.45, 2.75) is 56.5 Å². The number of pyridine rings is 1. The quantitative estimate of drug-likeness (QED) is 0.310. The lowest BCUT2D eigenvalue weighted by Gasteiger charge is -2.39. The number of rotatable bonds is 7.